The Labute approximate surface area is 106 Å². The molecule has 1 saturated heterocycles. The zero-order valence-corrected chi connectivity index (χ0v) is 11.9. The van der Waals surface area contributed by atoms with Gasteiger partial charge in [-0.1, -0.05) is 20.8 Å². The minimum atomic E-state index is -0.104. The Morgan fingerprint density at radius 2 is 1.94 bits per heavy atom. The maximum atomic E-state index is 10.4. The Morgan fingerprint density at radius 1 is 1.24 bits per heavy atom. The van der Waals surface area contributed by atoms with Crippen molar-refractivity contribution in [2.24, 2.45) is 11.3 Å². The van der Waals surface area contributed by atoms with E-state index in [0.29, 0.717) is 5.92 Å². The predicted molar refractivity (Wildman–Crippen MR) is 72.0 cm³/mol. The number of aliphatic hydroxyl groups is 1. The van der Waals surface area contributed by atoms with Crippen molar-refractivity contribution in [1.29, 1.82) is 0 Å². The predicted octanol–water partition coefficient (Wildman–Crippen LogP) is 3.05. The molecule has 1 saturated carbocycles. The van der Waals surface area contributed by atoms with Crippen LogP contribution in [0.1, 0.15) is 59.8 Å². The molecule has 2 heteroatoms. The lowest BCUT2D eigenvalue weighted by molar-refractivity contribution is 0.0258. The molecule has 2 nitrogen and oxygen atoms in total. The van der Waals surface area contributed by atoms with Gasteiger partial charge in [0.25, 0.3) is 0 Å². The topological polar surface area (TPSA) is 23.5 Å². The second kappa shape index (κ2) is 4.89. The monoisotopic (exact) mass is 239 g/mol. The van der Waals surface area contributed by atoms with Gasteiger partial charge in [0.2, 0.25) is 0 Å². The highest BCUT2D eigenvalue weighted by Gasteiger charge is 2.43. The molecule has 2 rings (SSSR count). The first-order valence-corrected chi connectivity index (χ1v) is 7.39. The summed E-state index contributed by atoms with van der Waals surface area (Å²) in [4.78, 5) is 2.66. The van der Waals surface area contributed by atoms with E-state index in [2.05, 4.69) is 32.6 Å². The highest BCUT2D eigenvalue weighted by molar-refractivity contribution is 4.95. The van der Waals surface area contributed by atoms with Crippen LogP contribution < -0.4 is 0 Å². The number of rotatable bonds is 3. The molecule has 0 radical (unpaired) electrons. The second-order valence-electron chi connectivity index (χ2n) is 6.92. The molecule has 100 valence electrons. The first kappa shape index (κ1) is 13.4. The van der Waals surface area contributed by atoms with Gasteiger partial charge in [0.15, 0.2) is 0 Å². The van der Waals surface area contributed by atoms with E-state index in [4.69, 9.17) is 0 Å². The van der Waals surface area contributed by atoms with Crippen LogP contribution >= 0.6 is 0 Å². The molecular formula is C15H29NO. The van der Waals surface area contributed by atoms with Crippen LogP contribution in [-0.4, -0.2) is 34.7 Å². The van der Waals surface area contributed by atoms with Gasteiger partial charge in [0.1, 0.15) is 0 Å². The van der Waals surface area contributed by atoms with E-state index >= 15 is 0 Å². The summed E-state index contributed by atoms with van der Waals surface area (Å²) >= 11 is 0. The fourth-order valence-corrected chi connectivity index (χ4v) is 3.86. The first-order valence-electron chi connectivity index (χ1n) is 7.39. The highest BCUT2D eigenvalue weighted by atomic mass is 16.3. The molecule has 4 unspecified atom stereocenters. The molecule has 2 aliphatic rings. The van der Waals surface area contributed by atoms with Crippen molar-refractivity contribution in [3.63, 3.8) is 0 Å². The quantitative estimate of drug-likeness (QED) is 0.818. The lowest BCUT2D eigenvalue weighted by Crippen LogP contribution is -2.41. The summed E-state index contributed by atoms with van der Waals surface area (Å²) in [6.07, 6.45) is 6.23. The standard InChI is InChI=1S/C15H29NO/c1-5-13-7-6-11(2)16(13)10-12-8-9-15(3,4)14(12)17/h11-14,17H,5-10H2,1-4H3. The maximum Gasteiger partial charge on any atom is 0.0631 e. The van der Waals surface area contributed by atoms with Crippen LogP contribution in [0.3, 0.4) is 0 Å². The van der Waals surface area contributed by atoms with Crippen molar-refractivity contribution in [3.05, 3.63) is 0 Å². The van der Waals surface area contributed by atoms with Gasteiger partial charge in [0, 0.05) is 18.6 Å². The van der Waals surface area contributed by atoms with Gasteiger partial charge in [-0.25, -0.2) is 0 Å². The van der Waals surface area contributed by atoms with Crippen LogP contribution in [0.4, 0.5) is 0 Å². The number of likely N-dealkylation sites (tertiary alicyclic amines) is 1. The van der Waals surface area contributed by atoms with Crippen molar-refractivity contribution in [2.75, 3.05) is 6.54 Å². The number of nitrogens with zero attached hydrogens (tertiary/aromatic N) is 1. The van der Waals surface area contributed by atoms with Gasteiger partial charge in [0.05, 0.1) is 6.10 Å². The molecule has 1 heterocycles. The lowest BCUT2D eigenvalue weighted by Gasteiger charge is -2.33. The Kier molecular flexibility index (Phi) is 3.84. The zero-order chi connectivity index (χ0) is 12.6. The van der Waals surface area contributed by atoms with Crippen molar-refractivity contribution in [3.8, 4) is 0 Å². The van der Waals surface area contributed by atoms with Crippen LogP contribution in [0.15, 0.2) is 0 Å². The average molecular weight is 239 g/mol. The molecule has 0 bridgehead atoms. The van der Waals surface area contributed by atoms with E-state index in [-0.39, 0.29) is 11.5 Å². The lowest BCUT2D eigenvalue weighted by atomic mass is 9.87. The molecule has 0 aromatic heterocycles. The highest BCUT2D eigenvalue weighted by Crippen LogP contribution is 2.42. The van der Waals surface area contributed by atoms with Crippen LogP contribution in [0.2, 0.25) is 0 Å². The Morgan fingerprint density at radius 3 is 2.47 bits per heavy atom. The molecule has 1 aliphatic carbocycles. The van der Waals surface area contributed by atoms with Crippen molar-refractivity contribution >= 4 is 0 Å². The van der Waals surface area contributed by atoms with Gasteiger partial charge in [-0.3, -0.25) is 4.90 Å². The molecule has 2 fully saturated rings. The van der Waals surface area contributed by atoms with Crippen LogP contribution in [0.25, 0.3) is 0 Å². The van der Waals surface area contributed by atoms with E-state index in [1.807, 2.05) is 0 Å². The smallest absolute Gasteiger partial charge is 0.0631 e. The van der Waals surface area contributed by atoms with E-state index in [9.17, 15) is 5.11 Å². The fraction of sp³-hybridized carbons (Fsp3) is 1.00. The molecule has 0 aromatic carbocycles. The fourth-order valence-electron chi connectivity index (χ4n) is 3.86. The summed E-state index contributed by atoms with van der Waals surface area (Å²) in [7, 11) is 0. The Balaban J connectivity index is 1.97. The summed E-state index contributed by atoms with van der Waals surface area (Å²) in [5.74, 6) is 0.500. The molecule has 0 amide bonds. The molecule has 0 spiro atoms. The third-order valence-corrected chi connectivity index (χ3v) is 5.28. The van der Waals surface area contributed by atoms with E-state index < -0.39 is 0 Å². The molecule has 4 atom stereocenters. The number of aliphatic hydroxyl groups excluding tert-OH is 1. The molecule has 17 heavy (non-hydrogen) atoms. The van der Waals surface area contributed by atoms with Crippen LogP contribution in [0, 0.1) is 11.3 Å². The maximum absolute atomic E-state index is 10.4. The summed E-state index contributed by atoms with van der Waals surface area (Å²) in [5, 5.41) is 10.4. The number of hydrogen-bond donors (Lipinski definition) is 1. The van der Waals surface area contributed by atoms with E-state index in [1.165, 1.54) is 32.1 Å². The molecule has 1 aliphatic heterocycles. The second-order valence-corrected chi connectivity index (χ2v) is 6.92. The van der Waals surface area contributed by atoms with Gasteiger partial charge in [-0.15, -0.1) is 0 Å². The third kappa shape index (κ3) is 2.53. The van der Waals surface area contributed by atoms with E-state index in [1.54, 1.807) is 0 Å². The Bertz CT molecular complexity index is 264. The normalized spacial score (nSPS) is 42.2. The summed E-state index contributed by atoms with van der Waals surface area (Å²) < 4.78 is 0. The molecular weight excluding hydrogens is 210 g/mol. The summed E-state index contributed by atoms with van der Waals surface area (Å²) in [6, 6.07) is 1.48. The van der Waals surface area contributed by atoms with Crippen molar-refractivity contribution in [1.82, 2.24) is 4.90 Å². The van der Waals surface area contributed by atoms with Gasteiger partial charge in [-0.05, 0) is 50.4 Å². The third-order valence-electron chi connectivity index (χ3n) is 5.28. The minimum Gasteiger partial charge on any atom is -0.392 e. The minimum absolute atomic E-state index is 0.104. The SMILES string of the molecule is CCC1CCC(C)N1CC1CCC(C)(C)C1O. The molecule has 1 N–H and O–H groups in total. The van der Waals surface area contributed by atoms with Crippen molar-refractivity contribution in [2.45, 2.75) is 78.0 Å². The van der Waals surface area contributed by atoms with Gasteiger partial charge < -0.3 is 5.11 Å². The Hall–Kier alpha value is -0.0800. The van der Waals surface area contributed by atoms with Crippen LogP contribution in [-0.2, 0) is 0 Å². The van der Waals surface area contributed by atoms with Crippen LogP contribution in [0.5, 0.6) is 0 Å². The summed E-state index contributed by atoms with van der Waals surface area (Å²) in [6.45, 7) is 10.2. The largest absolute Gasteiger partial charge is 0.392 e. The van der Waals surface area contributed by atoms with Crippen molar-refractivity contribution < 1.29 is 5.11 Å². The molecule has 0 aromatic rings. The summed E-state index contributed by atoms with van der Waals surface area (Å²) in [5.41, 5.74) is 0.134. The average Bonchev–Trinajstić information content (AvgIpc) is 2.75. The van der Waals surface area contributed by atoms with Gasteiger partial charge in [-0.2, -0.15) is 0 Å². The van der Waals surface area contributed by atoms with Gasteiger partial charge >= 0.3 is 0 Å². The zero-order valence-electron chi connectivity index (χ0n) is 11.9. The number of hydrogen-bond acceptors (Lipinski definition) is 2. The first-order chi connectivity index (χ1) is 7.95. The van der Waals surface area contributed by atoms with E-state index in [0.717, 1.165) is 18.6 Å².